The third-order valence-corrected chi connectivity index (χ3v) is 2.55. The Morgan fingerprint density at radius 2 is 2.12 bits per heavy atom. The summed E-state index contributed by atoms with van der Waals surface area (Å²) in [5.41, 5.74) is 1.14. The first-order chi connectivity index (χ1) is 8.31. The van der Waals surface area contributed by atoms with E-state index in [9.17, 15) is 0 Å². The van der Waals surface area contributed by atoms with Crippen LogP contribution in [-0.2, 0) is 4.74 Å². The summed E-state index contributed by atoms with van der Waals surface area (Å²) < 4.78 is 10.8. The van der Waals surface area contributed by atoms with Gasteiger partial charge in [0.2, 0.25) is 0 Å². The maximum atomic E-state index is 5.45. The van der Waals surface area contributed by atoms with Crippen LogP contribution in [0.1, 0.15) is 31.9 Å². The zero-order valence-corrected chi connectivity index (χ0v) is 10.9. The minimum atomic E-state index is 0.259. The largest absolute Gasteiger partial charge is 0.492 e. The van der Waals surface area contributed by atoms with E-state index in [2.05, 4.69) is 10.3 Å². The zero-order chi connectivity index (χ0) is 12.5. The standard InChI is InChI=1S/C13H22N2O2/c1-4-16-7-6-13(14-3)11-8-12(17-5-2)10-15-9-11/h8-10,13-14H,4-7H2,1-3H3. The van der Waals surface area contributed by atoms with E-state index in [1.807, 2.05) is 33.2 Å². The fourth-order valence-corrected chi connectivity index (χ4v) is 1.69. The Labute approximate surface area is 103 Å². The smallest absolute Gasteiger partial charge is 0.137 e. The Kier molecular flexibility index (Phi) is 6.58. The molecule has 1 aromatic heterocycles. The second kappa shape index (κ2) is 8.03. The van der Waals surface area contributed by atoms with Crippen LogP contribution in [0.3, 0.4) is 0 Å². The van der Waals surface area contributed by atoms with Crippen LogP contribution in [0.15, 0.2) is 18.5 Å². The molecule has 1 rings (SSSR count). The van der Waals surface area contributed by atoms with Crippen LogP contribution in [0, 0.1) is 0 Å². The zero-order valence-electron chi connectivity index (χ0n) is 10.9. The highest BCUT2D eigenvalue weighted by Gasteiger charge is 2.10. The van der Waals surface area contributed by atoms with Crippen LogP contribution in [0.4, 0.5) is 0 Å². The molecule has 1 unspecified atom stereocenters. The molecule has 0 spiro atoms. The van der Waals surface area contributed by atoms with Gasteiger partial charge in [0.05, 0.1) is 12.8 Å². The van der Waals surface area contributed by atoms with Gasteiger partial charge in [0.1, 0.15) is 5.75 Å². The SMILES string of the molecule is CCOCCC(NC)c1cncc(OCC)c1. The Bertz CT molecular complexity index is 318. The van der Waals surface area contributed by atoms with Crippen molar-refractivity contribution in [1.82, 2.24) is 10.3 Å². The Morgan fingerprint density at radius 1 is 1.29 bits per heavy atom. The summed E-state index contributed by atoms with van der Waals surface area (Å²) in [6.45, 7) is 6.14. The van der Waals surface area contributed by atoms with Crippen molar-refractivity contribution in [1.29, 1.82) is 0 Å². The van der Waals surface area contributed by atoms with Crippen LogP contribution in [0.25, 0.3) is 0 Å². The molecule has 0 fully saturated rings. The van der Waals surface area contributed by atoms with Gasteiger partial charge in [-0.1, -0.05) is 0 Å². The highest BCUT2D eigenvalue weighted by molar-refractivity contribution is 5.26. The number of hydrogen-bond donors (Lipinski definition) is 1. The Hall–Kier alpha value is -1.13. The molecule has 17 heavy (non-hydrogen) atoms. The van der Waals surface area contributed by atoms with Crippen LogP contribution >= 0.6 is 0 Å². The molecule has 96 valence electrons. The van der Waals surface area contributed by atoms with Gasteiger partial charge in [0.25, 0.3) is 0 Å². The first-order valence-corrected chi connectivity index (χ1v) is 6.14. The molecule has 4 heteroatoms. The molecule has 0 amide bonds. The Balaban J connectivity index is 2.63. The normalized spacial score (nSPS) is 12.4. The summed E-state index contributed by atoms with van der Waals surface area (Å²) >= 11 is 0. The lowest BCUT2D eigenvalue weighted by molar-refractivity contribution is 0.137. The van der Waals surface area contributed by atoms with Gasteiger partial charge >= 0.3 is 0 Å². The molecule has 0 aliphatic rings. The van der Waals surface area contributed by atoms with E-state index in [0.717, 1.165) is 30.9 Å². The molecule has 1 aromatic rings. The summed E-state index contributed by atoms with van der Waals surface area (Å²) in [6, 6.07) is 2.29. The molecular weight excluding hydrogens is 216 g/mol. The number of nitrogens with zero attached hydrogens (tertiary/aromatic N) is 1. The third-order valence-electron chi connectivity index (χ3n) is 2.55. The Morgan fingerprint density at radius 3 is 2.76 bits per heavy atom. The topological polar surface area (TPSA) is 43.4 Å². The molecule has 1 N–H and O–H groups in total. The molecule has 0 aromatic carbocycles. The van der Waals surface area contributed by atoms with Crippen molar-refractivity contribution < 1.29 is 9.47 Å². The average molecular weight is 238 g/mol. The van der Waals surface area contributed by atoms with Gasteiger partial charge in [0.15, 0.2) is 0 Å². The highest BCUT2D eigenvalue weighted by atomic mass is 16.5. The second-order valence-electron chi connectivity index (χ2n) is 3.71. The summed E-state index contributed by atoms with van der Waals surface area (Å²) in [5, 5.41) is 3.27. The van der Waals surface area contributed by atoms with Crippen molar-refractivity contribution in [3.05, 3.63) is 24.0 Å². The van der Waals surface area contributed by atoms with E-state index >= 15 is 0 Å². The van der Waals surface area contributed by atoms with Crippen molar-refractivity contribution in [2.45, 2.75) is 26.3 Å². The van der Waals surface area contributed by atoms with Crippen LogP contribution in [-0.4, -0.2) is 31.9 Å². The lowest BCUT2D eigenvalue weighted by Crippen LogP contribution is -2.18. The van der Waals surface area contributed by atoms with Gasteiger partial charge in [0, 0.05) is 25.5 Å². The molecule has 0 radical (unpaired) electrons. The lowest BCUT2D eigenvalue weighted by Gasteiger charge is -2.16. The van der Waals surface area contributed by atoms with Gasteiger partial charge in [-0.25, -0.2) is 0 Å². The number of aromatic nitrogens is 1. The quantitative estimate of drug-likeness (QED) is 0.705. The third kappa shape index (κ3) is 4.71. The minimum Gasteiger partial charge on any atom is -0.492 e. The van der Waals surface area contributed by atoms with Gasteiger partial charge in [-0.2, -0.15) is 0 Å². The highest BCUT2D eigenvalue weighted by Crippen LogP contribution is 2.20. The molecule has 4 nitrogen and oxygen atoms in total. The molecule has 0 bridgehead atoms. The van der Waals surface area contributed by atoms with Crippen molar-refractivity contribution in [3.63, 3.8) is 0 Å². The van der Waals surface area contributed by atoms with Crippen LogP contribution < -0.4 is 10.1 Å². The molecule has 0 aliphatic carbocycles. The van der Waals surface area contributed by atoms with Crippen molar-refractivity contribution >= 4 is 0 Å². The number of rotatable bonds is 8. The predicted molar refractivity (Wildman–Crippen MR) is 68.3 cm³/mol. The maximum Gasteiger partial charge on any atom is 0.137 e. The summed E-state index contributed by atoms with van der Waals surface area (Å²) in [6.07, 6.45) is 4.54. The van der Waals surface area contributed by atoms with E-state index in [1.165, 1.54) is 0 Å². The van der Waals surface area contributed by atoms with E-state index in [0.29, 0.717) is 6.61 Å². The van der Waals surface area contributed by atoms with Crippen LogP contribution in [0.5, 0.6) is 5.75 Å². The minimum absolute atomic E-state index is 0.259. The molecular formula is C13H22N2O2. The second-order valence-corrected chi connectivity index (χ2v) is 3.71. The number of pyridine rings is 1. The molecule has 0 aliphatic heterocycles. The molecule has 0 saturated carbocycles. The molecule has 0 saturated heterocycles. The maximum absolute atomic E-state index is 5.45. The summed E-state index contributed by atoms with van der Waals surface area (Å²) in [7, 11) is 1.95. The van der Waals surface area contributed by atoms with Gasteiger partial charge in [-0.15, -0.1) is 0 Å². The predicted octanol–water partition coefficient (Wildman–Crippen LogP) is 2.17. The first-order valence-electron chi connectivity index (χ1n) is 6.14. The molecule has 1 heterocycles. The summed E-state index contributed by atoms with van der Waals surface area (Å²) in [5.74, 6) is 0.821. The number of nitrogens with one attached hydrogen (secondary N) is 1. The monoisotopic (exact) mass is 238 g/mol. The van der Waals surface area contributed by atoms with Crippen molar-refractivity contribution in [2.24, 2.45) is 0 Å². The van der Waals surface area contributed by atoms with Crippen LogP contribution in [0.2, 0.25) is 0 Å². The van der Waals surface area contributed by atoms with E-state index in [1.54, 1.807) is 6.20 Å². The van der Waals surface area contributed by atoms with Crippen molar-refractivity contribution in [3.8, 4) is 5.75 Å². The number of hydrogen-bond acceptors (Lipinski definition) is 4. The number of ether oxygens (including phenoxy) is 2. The van der Waals surface area contributed by atoms with E-state index in [4.69, 9.17) is 9.47 Å². The molecule has 1 atom stereocenters. The fraction of sp³-hybridized carbons (Fsp3) is 0.615. The fourth-order valence-electron chi connectivity index (χ4n) is 1.69. The van der Waals surface area contributed by atoms with E-state index < -0.39 is 0 Å². The van der Waals surface area contributed by atoms with E-state index in [-0.39, 0.29) is 6.04 Å². The van der Waals surface area contributed by atoms with Gasteiger partial charge in [-0.05, 0) is 38.9 Å². The van der Waals surface area contributed by atoms with Crippen molar-refractivity contribution in [2.75, 3.05) is 26.9 Å². The van der Waals surface area contributed by atoms with Gasteiger partial charge in [-0.3, -0.25) is 4.98 Å². The average Bonchev–Trinajstić information content (AvgIpc) is 2.35. The first kappa shape index (κ1) is 13.9. The lowest BCUT2D eigenvalue weighted by atomic mass is 10.1. The van der Waals surface area contributed by atoms with Gasteiger partial charge < -0.3 is 14.8 Å². The summed E-state index contributed by atoms with van der Waals surface area (Å²) in [4.78, 5) is 4.19.